The van der Waals surface area contributed by atoms with E-state index in [1.165, 1.54) is 37.5 Å². The van der Waals surface area contributed by atoms with Gasteiger partial charge in [0.15, 0.2) is 0 Å². The van der Waals surface area contributed by atoms with Gasteiger partial charge in [0, 0.05) is 47.4 Å². The van der Waals surface area contributed by atoms with Crippen LogP contribution in [0.5, 0.6) is 5.75 Å². The van der Waals surface area contributed by atoms with E-state index in [1.807, 2.05) is 30.5 Å². The predicted molar refractivity (Wildman–Crippen MR) is 144 cm³/mol. The Bertz CT molecular complexity index is 1900. The largest absolute Gasteiger partial charge is 0.489 e. The number of fused-ring (bicyclic) bond motifs is 2. The molecule has 0 aliphatic rings. The first-order valence-corrected chi connectivity index (χ1v) is 13.6. The first-order valence-electron chi connectivity index (χ1n) is 11.8. The highest BCUT2D eigenvalue weighted by Gasteiger charge is 2.18. The van der Waals surface area contributed by atoms with Crippen molar-refractivity contribution in [1.82, 2.24) is 19.3 Å². The van der Waals surface area contributed by atoms with Gasteiger partial charge in [0.05, 0.1) is 17.3 Å². The van der Waals surface area contributed by atoms with Crippen molar-refractivity contribution < 1.29 is 27.5 Å². The SMILES string of the molecule is CNC(=O)c1cc(COC(=O)c2ccc3c(c2)c(COc2ccc4[nH]ccc4c2)cn3S(C)(=O)=O)cc(=O)[nH]1. The van der Waals surface area contributed by atoms with Crippen molar-refractivity contribution >= 4 is 43.7 Å². The molecule has 3 N–H and O–H groups in total. The van der Waals surface area contributed by atoms with E-state index in [1.54, 1.807) is 6.07 Å². The number of aromatic nitrogens is 3. The minimum atomic E-state index is -3.63. The Morgan fingerprint density at radius 3 is 2.62 bits per heavy atom. The van der Waals surface area contributed by atoms with Gasteiger partial charge in [0.1, 0.15) is 24.7 Å². The molecule has 2 aromatic carbocycles. The van der Waals surface area contributed by atoms with E-state index in [9.17, 15) is 22.8 Å². The highest BCUT2D eigenvalue weighted by atomic mass is 32.2. The average Bonchev–Trinajstić information content (AvgIpc) is 3.53. The molecule has 3 heterocycles. The summed E-state index contributed by atoms with van der Waals surface area (Å²) in [5.74, 6) is -0.564. The van der Waals surface area contributed by atoms with Crippen LogP contribution in [0.2, 0.25) is 0 Å². The van der Waals surface area contributed by atoms with Crippen molar-refractivity contribution in [2.75, 3.05) is 13.3 Å². The number of esters is 1. The zero-order valence-corrected chi connectivity index (χ0v) is 21.8. The normalized spacial score (nSPS) is 11.5. The fourth-order valence-corrected chi connectivity index (χ4v) is 5.07. The average molecular weight is 549 g/mol. The van der Waals surface area contributed by atoms with Crippen LogP contribution in [-0.4, -0.2) is 47.5 Å². The van der Waals surface area contributed by atoms with E-state index >= 15 is 0 Å². The third kappa shape index (κ3) is 5.41. The fourth-order valence-electron chi connectivity index (χ4n) is 4.24. The number of nitrogens with zero attached hydrogens (tertiary/aromatic N) is 1. The smallest absolute Gasteiger partial charge is 0.338 e. The number of pyridine rings is 1. The highest BCUT2D eigenvalue weighted by Crippen LogP contribution is 2.27. The van der Waals surface area contributed by atoms with Crippen LogP contribution in [0.4, 0.5) is 0 Å². The first-order chi connectivity index (χ1) is 18.6. The lowest BCUT2D eigenvalue weighted by Gasteiger charge is -2.08. The lowest BCUT2D eigenvalue weighted by atomic mass is 10.1. The number of nitrogens with one attached hydrogen (secondary N) is 3. The minimum absolute atomic E-state index is 0.0416. The summed E-state index contributed by atoms with van der Waals surface area (Å²) < 4.78 is 37.3. The Morgan fingerprint density at radius 1 is 1.03 bits per heavy atom. The second kappa shape index (κ2) is 10.1. The molecule has 0 fully saturated rings. The van der Waals surface area contributed by atoms with Gasteiger partial charge < -0.3 is 24.8 Å². The van der Waals surface area contributed by atoms with Crippen LogP contribution in [0.1, 0.15) is 32.0 Å². The van der Waals surface area contributed by atoms with Crippen LogP contribution in [0, 0.1) is 0 Å². The van der Waals surface area contributed by atoms with Gasteiger partial charge in [-0.3, -0.25) is 9.59 Å². The van der Waals surface area contributed by atoms with Gasteiger partial charge in [0.2, 0.25) is 15.6 Å². The molecule has 11 nitrogen and oxygen atoms in total. The van der Waals surface area contributed by atoms with E-state index in [0.29, 0.717) is 27.8 Å². The number of ether oxygens (including phenoxy) is 2. The fraction of sp³-hybridized carbons (Fsp3) is 0.148. The van der Waals surface area contributed by atoms with Crippen LogP contribution in [-0.2, 0) is 28.0 Å². The topological polar surface area (TPSA) is 152 Å². The number of carbonyl (C=O) groups is 2. The number of hydrogen-bond acceptors (Lipinski definition) is 7. The molecule has 0 radical (unpaired) electrons. The van der Waals surface area contributed by atoms with Gasteiger partial charge in [-0.25, -0.2) is 17.2 Å². The molecule has 0 unspecified atom stereocenters. The highest BCUT2D eigenvalue weighted by molar-refractivity contribution is 7.89. The zero-order valence-electron chi connectivity index (χ0n) is 21.0. The summed E-state index contributed by atoms with van der Waals surface area (Å²) >= 11 is 0. The first kappa shape index (κ1) is 25.8. The standard InChI is InChI=1S/C27H24N4O7S/c1-28-26(33)23-9-16(10-25(32)30-23)14-38-27(34)18-3-6-24-21(12-18)19(13-31(24)39(2,35)36)15-37-20-4-5-22-17(11-20)7-8-29-22/h3-13,29H,14-15H2,1-2H3,(H,28,33)(H,30,32). The Kier molecular flexibility index (Phi) is 6.71. The van der Waals surface area contributed by atoms with Crippen molar-refractivity contribution in [3.8, 4) is 5.75 Å². The van der Waals surface area contributed by atoms with Gasteiger partial charge in [-0.2, -0.15) is 0 Å². The van der Waals surface area contributed by atoms with E-state index in [-0.39, 0.29) is 24.5 Å². The Balaban J connectivity index is 1.40. The second-order valence-electron chi connectivity index (χ2n) is 8.88. The molecule has 0 atom stereocenters. The molecule has 0 aliphatic carbocycles. The van der Waals surface area contributed by atoms with Gasteiger partial charge in [0.25, 0.3) is 5.91 Å². The van der Waals surface area contributed by atoms with Gasteiger partial charge in [-0.15, -0.1) is 0 Å². The molecule has 0 bridgehead atoms. The van der Waals surface area contributed by atoms with Crippen LogP contribution in [0.15, 0.2) is 71.8 Å². The number of amides is 1. The van der Waals surface area contributed by atoms with Crippen molar-refractivity contribution in [3.63, 3.8) is 0 Å². The lowest BCUT2D eigenvalue weighted by Crippen LogP contribution is -2.23. The number of rotatable bonds is 8. The summed E-state index contributed by atoms with van der Waals surface area (Å²) in [5, 5.41) is 3.90. The third-order valence-electron chi connectivity index (χ3n) is 6.11. The number of hydrogen-bond donors (Lipinski definition) is 3. The van der Waals surface area contributed by atoms with Crippen molar-refractivity contribution in [3.05, 3.63) is 99.7 Å². The van der Waals surface area contributed by atoms with Gasteiger partial charge in [-0.1, -0.05) is 0 Å². The van der Waals surface area contributed by atoms with Crippen LogP contribution in [0.3, 0.4) is 0 Å². The van der Waals surface area contributed by atoms with Gasteiger partial charge in [-0.05, 0) is 54.1 Å². The third-order valence-corrected chi connectivity index (χ3v) is 7.13. The summed E-state index contributed by atoms with van der Waals surface area (Å²) in [6, 6.07) is 14.7. The van der Waals surface area contributed by atoms with E-state index in [2.05, 4.69) is 15.3 Å². The molecule has 200 valence electrons. The molecular formula is C27H24N4O7S. The van der Waals surface area contributed by atoms with E-state index in [0.717, 1.165) is 21.1 Å². The Hall–Kier alpha value is -4.84. The maximum absolute atomic E-state index is 12.9. The summed E-state index contributed by atoms with van der Waals surface area (Å²) in [6.45, 7) is -0.185. The summed E-state index contributed by atoms with van der Waals surface area (Å²) in [5.41, 5.74) is 1.96. The number of aromatic amines is 2. The quantitative estimate of drug-likeness (QED) is 0.252. The molecule has 1 amide bonds. The molecule has 5 aromatic rings. The summed E-state index contributed by atoms with van der Waals surface area (Å²) in [6.07, 6.45) is 4.39. The monoisotopic (exact) mass is 548 g/mol. The molecule has 0 spiro atoms. The molecule has 0 saturated carbocycles. The predicted octanol–water partition coefficient (Wildman–Crippen LogP) is 2.91. The van der Waals surface area contributed by atoms with Crippen molar-refractivity contribution in [1.29, 1.82) is 0 Å². The van der Waals surface area contributed by atoms with E-state index < -0.39 is 27.5 Å². The molecular weight excluding hydrogens is 524 g/mol. The van der Waals surface area contributed by atoms with Crippen molar-refractivity contribution in [2.24, 2.45) is 0 Å². The molecule has 0 saturated heterocycles. The van der Waals surface area contributed by atoms with Crippen LogP contribution in [0.25, 0.3) is 21.8 Å². The van der Waals surface area contributed by atoms with Crippen LogP contribution < -0.4 is 15.6 Å². The summed E-state index contributed by atoms with van der Waals surface area (Å²) in [7, 11) is -2.20. The maximum atomic E-state index is 12.9. The maximum Gasteiger partial charge on any atom is 0.338 e. The summed E-state index contributed by atoms with van der Waals surface area (Å²) in [4.78, 5) is 42.1. The van der Waals surface area contributed by atoms with Crippen molar-refractivity contribution in [2.45, 2.75) is 13.2 Å². The Labute approximate surface area is 222 Å². The zero-order chi connectivity index (χ0) is 27.7. The molecule has 12 heteroatoms. The molecule has 0 aliphatic heterocycles. The minimum Gasteiger partial charge on any atom is -0.489 e. The number of H-pyrrole nitrogens is 2. The van der Waals surface area contributed by atoms with Gasteiger partial charge >= 0.3 is 5.97 Å². The Morgan fingerprint density at radius 2 is 1.85 bits per heavy atom. The van der Waals surface area contributed by atoms with Crippen LogP contribution >= 0.6 is 0 Å². The van der Waals surface area contributed by atoms with E-state index in [4.69, 9.17) is 9.47 Å². The molecule has 3 aromatic heterocycles. The number of benzene rings is 2. The molecule has 39 heavy (non-hydrogen) atoms. The molecule has 5 rings (SSSR count). The second-order valence-corrected chi connectivity index (χ2v) is 10.7. The number of carbonyl (C=O) groups excluding carboxylic acids is 2. The lowest BCUT2D eigenvalue weighted by molar-refractivity contribution is 0.0472.